The number of nitrogens with one attached hydrogen (secondary N) is 1. The van der Waals surface area contributed by atoms with Gasteiger partial charge in [-0.05, 0) is 19.3 Å². The van der Waals surface area contributed by atoms with E-state index in [2.05, 4.69) is 25.7 Å². The Kier molecular flexibility index (Phi) is 7.85. The maximum atomic E-state index is 11.2. The van der Waals surface area contributed by atoms with Gasteiger partial charge in [0.2, 0.25) is 0 Å². The van der Waals surface area contributed by atoms with Gasteiger partial charge in [-0.2, -0.15) is 0 Å². The Bertz CT molecular complexity index is 226. The van der Waals surface area contributed by atoms with Gasteiger partial charge in [0.25, 0.3) is 0 Å². The zero-order chi connectivity index (χ0) is 12.6. The third-order valence-corrected chi connectivity index (χ3v) is 2.14. The minimum Gasteiger partial charge on any atom is -0.463 e. The molecule has 0 bridgehead atoms. The molecular formula is C12H23NO3. The lowest BCUT2D eigenvalue weighted by Crippen LogP contribution is -2.36. The number of carbonyl (C=O) groups is 1. The second kappa shape index (κ2) is 8.30. The Balaban J connectivity index is 3.92. The van der Waals surface area contributed by atoms with Crippen LogP contribution in [-0.4, -0.2) is 36.9 Å². The molecule has 1 unspecified atom stereocenters. The molecule has 0 aromatic carbocycles. The van der Waals surface area contributed by atoms with E-state index in [0.717, 1.165) is 6.42 Å². The lowest BCUT2D eigenvalue weighted by atomic mass is 10.0. The summed E-state index contributed by atoms with van der Waals surface area (Å²) in [6, 6.07) is 0.00572. The van der Waals surface area contributed by atoms with E-state index in [4.69, 9.17) is 9.84 Å². The largest absolute Gasteiger partial charge is 0.463 e. The third kappa shape index (κ3) is 6.58. The van der Waals surface area contributed by atoms with Crippen LogP contribution >= 0.6 is 0 Å². The van der Waals surface area contributed by atoms with E-state index in [1.54, 1.807) is 6.92 Å². The van der Waals surface area contributed by atoms with Crippen LogP contribution in [0.2, 0.25) is 0 Å². The molecule has 0 spiro atoms. The summed E-state index contributed by atoms with van der Waals surface area (Å²) >= 11 is 0. The summed E-state index contributed by atoms with van der Waals surface area (Å²) in [7, 11) is 0. The van der Waals surface area contributed by atoms with Crippen LogP contribution in [0.15, 0.2) is 12.2 Å². The van der Waals surface area contributed by atoms with E-state index in [-0.39, 0.29) is 18.6 Å². The zero-order valence-electron chi connectivity index (χ0n) is 10.5. The summed E-state index contributed by atoms with van der Waals surface area (Å²) in [5.74, 6) is 0.122. The molecule has 0 aliphatic carbocycles. The fraction of sp³-hybridized carbons (Fsp3) is 0.750. The molecule has 0 aliphatic heterocycles. The first-order chi connectivity index (χ1) is 7.51. The molecule has 4 heteroatoms. The van der Waals surface area contributed by atoms with Crippen molar-refractivity contribution in [2.24, 2.45) is 5.92 Å². The number of esters is 1. The number of ether oxygens (including phenoxy) is 1. The molecule has 1 atom stereocenters. The smallest absolute Gasteiger partial charge is 0.334 e. The van der Waals surface area contributed by atoms with E-state index in [0.29, 0.717) is 24.6 Å². The number of hydrogen-bond donors (Lipinski definition) is 2. The average Bonchev–Trinajstić information content (AvgIpc) is 2.23. The Morgan fingerprint density at radius 1 is 1.50 bits per heavy atom. The molecule has 0 aliphatic rings. The minimum atomic E-state index is -0.378. The van der Waals surface area contributed by atoms with Crippen molar-refractivity contribution in [3.63, 3.8) is 0 Å². The Hall–Kier alpha value is -0.870. The van der Waals surface area contributed by atoms with Crippen LogP contribution in [0.3, 0.4) is 0 Å². The average molecular weight is 229 g/mol. The van der Waals surface area contributed by atoms with Gasteiger partial charge in [-0.15, -0.1) is 0 Å². The molecule has 0 fully saturated rings. The first-order valence-electron chi connectivity index (χ1n) is 5.70. The second-order valence-electron chi connectivity index (χ2n) is 4.21. The lowest BCUT2D eigenvalue weighted by molar-refractivity contribution is -0.138. The van der Waals surface area contributed by atoms with Crippen LogP contribution < -0.4 is 5.32 Å². The van der Waals surface area contributed by atoms with Gasteiger partial charge in [-0.3, -0.25) is 0 Å². The van der Waals surface area contributed by atoms with Crippen molar-refractivity contribution in [2.45, 2.75) is 33.2 Å². The second-order valence-corrected chi connectivity index (χ2v) is 4.21. The zero-order valence-corrected chi connectivity index (χ0v) is 10.5. The number of aliphatic hydroxyl groups excluding tert-OH is 1. The summed E-state index contributed by atoms with van der Waals surface area (Å²) < 4.78 is 4.81. The van der Waals surface area contributed by atoms with Gasteiger partial charge in [-0.25, -0.2) is 4.79 Å². The molecule has 2 N–H and O–H groups in total. The molecule has 0 aromatic rings. The predicted octanol–water partition coefficient (Wildman–Crippen LogP) is 1.10. The molecule has 4 nitrogen and oxygen atoms in total. The van der Waals surface area contributed by atoms with Gasteiger partial charge < -0.3 is 15.2 Å². The predicted molar refractivity (Wildman–Crippen MR) is 64.1 cm³/mol. The molecule has 0 saturated heterocycles. The van der Waals surface area contributed by atoms with Crippen LogP contribution in [0.25, 0.3) is 0 Å². The highest BCUT2D eigenvalue weighted by atomic mass is 16.5. The van der Waals surface area contributed by atoms with Crippen molar-refractivity contribution in [1.29, 1.82) is 0 Å². The highest BCUT2D eigenvalue weighted by Gasteiger charge is 2.12. The molecule has 0 heterocycles. The highest BCUT2D eigenvalue weighted by molar-refractivity contribution is 5.88. The molecule has 0 aromatic heterocycles. The third-order valence-electron chi connectivity index (χ3n) is 2.14. The summed E-state index contributed by atoms with van der Waals surface area (Å²) in [6.45, 7) is 10.3. The summed E-state index contributed by atoms with van der Waals surface area (Å²) in [5.41, 5.74) is 0.393. The van der Waals surface area contributed by atoms with Crippen molar-refractivity contribution in [1.82, 2.24) is 5.32 Å². The number of hydrogen-bond acceptors (Lipinski definition) is 4. The number of carbonyl (C=O) groups excluding carboxylic acids is 1. The maximum Gasteiger partial charge on any atom is 0.334 e. The summed E-state index contributed by atoms with van der Waals surface area (Å²) in [4.78, 5) is 11.2. The van der Waals surface area contributed by atoms with E-state index < -0.39 is 0 Å². The Morgan fingerprint density at radius 3 is 2.56 bits per heavy atom. The van der Waals surface area contributed by atoms with E-state index in [1.807, 2.05) is 0 Å². The first-order valence-corrected chi connectivity index (χ1v) is 5.70. The SMILES string of the molecule is C=C(CNC(CO)CC(C)C)C(=O)OCC. The van der Waals surface area contributed by atoms with Crippen molar-refractivity contribution in [2.75, 3.05) is 19.8 Å². The fourth-order valence-corrected chi connectivity index (χ4v) is 1.36. The quantitative estimate of drug-likeness (QED) is 0.483. The lowest BCUT2D eigenvalue weighted by Gasteiger charge is -2.18. The molecule has 0 radical (unpaired) electrons. The van der Waals surface area contributed by atoms with Gasteiger partial charge in [0.1, 0.15) is 0 Å². The Morgan fingerprint density at radius 2 is 2.12 bits per heavy atom. The van der Waals surface area contributed by atoms with Gasteiger partial charge in [0.05, 0.1) is 13.2 Å². The van der Waals surface area contributed by atoms with Gasteiger partial charge in [0.15, 0.2) is 0 Å². The topological polar surface area (TPSA) is 58.6 Å². The minimum absolute atomic E-state index is 0.00572. The van der Waals surface area contributed by atoms with E-state index in [1.165, 1.54) is 0 Å². The van der Waals surface area contributed by atoms with Crippen molar-refractivity contribution >= 4 is 5.97 Å². The van der Waals surface area contributed by atoms with Crippen LogP contribution in [0.4, 0.5) is 0 Å². The molecule has 0 amide bonds. The van der Waals surface area contributed by atoms with Crippen LogP contribution in [-0.2, 0) is 9.53 Å². The highest BCUT2D eigenvalue weighted by Crippen LogP contribution is 2.04. The fourth-order valence-electron chi connectivity index (χ4n) is 1.36. The molecule has 94 valence electrons. The first kappa shape index (κ1) is 15.1. The van der Waals surface area contributed by atoms with Gasteiger partial charge in [-0.1, -0.05) is 20.4 Å². The molecule has 16 heavy (non-hydrogen) atoms. The molecular weight excluding hydrogens is 206 g/mol. The van der Waals surface area contributed by atoms with Crippen LogP contribution in [0.5, 0.6) is 0 Å². The monoisotopic (exact) mass is 229 g/mol. The molecule has 0 rings (SSSR count). The van der Waals surface area contributed by atoms with Crippen molar-refractivity contribution in [3.05, 3.63) is 12.2 Å². The maximum absolute atomic E-state index is 11.2. The van der Waals surface area contributed by atoms with Gasteiger partial charge in [0, 0.05) is 18.2 Å². The normalized spacial score (nSPS) is 12.6. The number of aliphatic hydroxyl groups is 1. The molecule has 0 saturated carbocycles. The van der Waals surface area contributed by atoms with E-state index in [9.17, 15) is 4.79 Å². The van der Waals surface area contributed by atoms with Crippen molar-refractivity contribution < 1.29 is 14.6 Å². The Labute approximate surface area is 97.7 Å². The number of rotatable bonds is 8. The standard InChI is InChI=1S/C12H23NO3/c1-5-16-12(15)10(4)7-13-11(8-14)6-9(2)3/h9,11,13-14H,4-8H2,1-3H3. The summed E-state index contributed by atoms with van der Waals surface area (Å²) in [6.07, 6.45) is 0.868. The van der Waals surface area contributed by atoms with Gasteiger partial charge >= 0.3 is 5.97 Å². The van der Waals surface area contributed by atoms with Crippen LogP contribution in [0, 0.1) is 5.92 Å². The van der Waals surface area contributed by atoms with Crippen LogP contribution in [0.1, 0.15) is 27.2 Å². The van der Waals surface area contributed by atoms with E-state index >= 15 is 0 Å². The van der Waals surface area contributed by atoms with Crippen molar-refractivity contribution in [3.8, 4) is 0 Å². The summed E-state index contributed by atoms with van der Waals surface area (Å²) in [5, 5.41) is 12.2.